The number of hydrogen-bond donors (Lipinski definition) is 2. The molecule has 2 heteroatoms. The van der Waals surface area contributed by atoms with Crippen molar-refractivity contribution in [3.63, 3.8) is 0 Å². The zero-order chi connectivity index (χ0) is 14.1. The third-order valence-corrected chi connectivity index (χ3v) is 3.11. The largest absolute Gasteiger partial charge is 0.315 e. The summed E-state index contributed by atoms with van der Waals surface area (Å²) in [7, 11) is 0. The lowest BCUT2D eigenvalue weighted by Gasteiger charge is -2.09. The minimum Gasteiger partial charge on any atom is -0.315 e. The fraction of sp³-hybridized carbons (Fsp3) is 0.647. The zero-order valence-corrected chi connectivity index (χ0v) is 13.0. The number of benzene rings is 1. The highest BCUT2D eigenvalue weighted by Crippen LogP contribution is 2.09. The SMILES string of the molecule is CC(C)Cc1ccc(CCNCCNC(C)C)cc1. The van der Waals surface area contributed by atoms with Crippen LogP contribution < -0.4 is 10.6 Å². The molecule has 0 aliphatic rings. The molecule has 0 spiro atoms. The van der Waals surface area contributed by atoms with Gasteiger partial charge in [0.2, 0.25) is 0 Å². The van der Waals surface area contributed by atoms with Crippen molar-refractivity contribution in [1.82, 2.24) is 10.6 Å². The van der Waals surface area contributed by atoms with E-state index in [2.05, 4.69) is 62.6 Å². The molecule has 2 nitrogen and oxygen atoms in total. The highest BCUT2D eigenvalue weighted by molar-refractivity contribution is 5.23. The molecule has 0 saturated heterocycles. The van der Waals surface area contributed by atoms with Crippen molar-refractivity contribution in [2.75, 3.05) is 19.6 Å². The van der Waals surface area contributed by atoms with Crippen molar-refractivity contribution in [1.29, 1.82) is 0 Å². The van der Waals surface area contributed by atoms with E-state index in [1.807, 2.05) is 0 Å². The lowest BCUT2D eigenvalue weighted by Crippen LogP contribution is -2.32. The van der Waals surface area contributed by atoms with E-state index in [0.717, 1.165) is 32.0 Å². The molecule has 0 bridgehead atoms. The summed E-state index contributed by atoms with van der Waals surface area (Å²) < 4.78 is 0. The summed E-state index contributed by atoms with van der Waals surface area (Å²) >= 11 is 0. The molecule has 1 aromatic carbocycles. The maximum Gasteiger partial charge on any atom is 0.00790 e. The van der Waals surface area contributed by atoms with Crippen molar-refractivity contribution in [3.05, 3.63) is 35.4 Å². The summed E-state index contributed by atoms with van der Waals surface area (Å²) in [5.74, 6) is 0.737. The molecule has 19 heavy (non-hydrogen) atoms. The maximum absolute atomic E-state index is 3.47. The van der Waals surface area contributed by atoms with Crippen LogP contribution in [0.1, 0.15) is 38.8 Å². The van der Waals surface area contributed by atoms with Crippen LogP contribution in [0, 0.1) is 5.92 Å². The van der Waals surface area contributed by atoms with E-state index in [9.17, 15) is 0 Å². The summed E-state index contributed by atoms with van der Waals surface area (Å²) in [5, 5.41) is 6.88. The summed E-state index contributed by atoms with van der Waals surface area (Å²) in [6.07, 6.45) is 2.29. The Bertz CT molecular complexity index is 328. The second-order valence-electron chi connectivity index (χ2n) is 6.02. The van der Waals surface area contributed by atoms with E-state index in [-0.39, 0.29) is 0 Å². The van der Waals surface area contributed by atoms with E-state index < -0.39 is 0 Å². The predicted octanol–water partition coefficient (Wildman–Crippen LogP) is 3.02. The zero-order valence-electron chi connectivity index (χ0n) is 13.0. The first-order valence-electron chi connectivity index (χ1n) is 7.60. The molecule has 1 aromatic rings. The van der Waals surface area contributed by atoms with Gasteiger partial charge in [-0.3, -0.25) is 0 Å². The smallest absolute Gasteiger partial charge is 0.00790 e. The van der Waals surface area contributed by atoms with Crippen molar-refractivity contribution in [2.45, 2.75) is 46.6 Å². The summed E-state index contributed by atoms with van der Waals surface area (Å²) in [5.41, 5.74) is 2.88. The Hall–Kier alpha value is -0.860. The van der Waals surface area contributed by atoms with Gasteiger partial charge in [0.05, 0.1) is 0 Å². The van der Waals surface area contributed by atoms with E-state index >= 15 is 0 Å². The van der Waals surface area contributed by atoms with E-state index in [0.29, 0.717) is 6.04 Å². The summed E-state index contributed by atoms with van der Waals surface area (Å²) in [4.78, 5) is 0. The molecule has 0 heterocycles. The normalized spacial score (nSPS) is 11.5. The van der Waals surface area contributed by atoms with Crippen LogP contribution in [0.4, 0.5) is 0 Å². The van der Waals surface area contributed by atoms with Gasteiger partial charge in [-0.2, -0.15) is 0 Å². The molecule has 0 unspecified atom stereocenters. The van der Waals surface area contributed by atoms with Gasteiger partial charge in [0.15, 0.2) is 0 Å². The Balaban J connectivity index is 2.16. The predicted molar refractivity (Wildman–Crippen MR) is 84.7 cm³/mol. The quantitative estimate of drug-likeness (QED) is 0.669. The molecule has 0 fully saturated rings. The van der Waals surface area contributed by atoms with Gasteiger partial charge >= 0.3 is 0 Å². The van der Waals surface area contributed by atoms with Crippen LogP contribution in [0.5, 0.6) is 0 Å². The molecular weight excluding hydrogens is 232 g/mol. The minimum atomic E-state index is 0.579. The molecule has 0 amide bonds. The number of hydrogen-bond acceptors (Lipinski definition) is 2. The first-order chi connectivity index (χ1) is 9.08. The van der Waals surface area contributed by atoms with Crippen LogP contribution in [-0.2, 0) is 12.8 Å². The first kappa shape index (κ1) is 16.2. The molecule has 0 aliphatic carbocycles. The van der Waals surface area contributed by atoms with Crippen molar-refractivity contribution in [3.8, 4) is 0 Å². The third kappa shape index (κ3) is 8.02. The molecule has 0 radical (unpaired) electrons. The molecular formula is C17H30N2. The monoisotopic (exact) mass is 262 g/mol. The van der Waals surface area contributed by atoms with Crippen LogP contribution in [0.25, 0.3) is 0 Å². The lowest BCUT2D eigenvalue weighted by molar-refractivity contribution is 0.556. The Kier molecular flexibility index (Phi) is 7.76. The van der Waals surface area contributed by atoms with Crippen molar-refractivity contribution >= 4 is 0 Å². The van der Waals surface area contributed by atoms with Gasteiger partial charge in [0, 0.05) is 19.1 Å². The van der Waals surface area contributed by atoms with Crippen LogP contribution in [-0.4, -0.2) is 25.7 Å². The van der Waals surface area contributed by atoms with Gasteiger partial charge in [0.1, 0.15) is 0 Å². The van der Waals surface area contributed by atoms with E-state index in [1.165, 1.54) is 17.5 Å². The van der Waals surface area contributed by atoms with Gasteiger partial charge in [-0.25, -0.2) is 0 Å². The molecule has 0 saturated carbocycles. The van der Waals surface area contributed by atoms with Crippen LogP contribution >= 0.6 is 0 Å². The average molecular weight is 262 g/mol. The summed E-state index contributed by atoms with van der Waals surface area (Å²) in [6.45, 7) is 12.0. The lowest BCUT2D eigenvalue weighted by atomic mass is 10.0. The van der Waals surface area contributed by atoms with Gasteiger partial charge < -0.3 is 10.6 Å². The molecule has 0 aliphatic heterocycles. The Morgan fingerprint density at radius 3 is 2.05 bits per heavy atom. The maximum atomic E-state index is 3.47. The van der Waals surface area contributed by atoms with Crippen LogP contribution in [0.2, 0.25) is 0 Å². The fourth-order valence-corrected chi connectivity index (χ4v) is 2.12. The van der Waals surface area contributed by atoms with Gasteiger partial charge in [-0.15, -0.1) is 0 Å². The second kappa shape index (κ2) is 9.11. The fourth-order valence-electron chi connectivity index (χ4n) is 2.12. The molecule has 1 rings (SSSR count). The molecule has 108 valence electrons. The molecule has 0 atom stereocenters. The second-order valence-corrected chi connectivity index (χ2v) is 6.02. The third-order valence-electron chi connectivity index (χ3n) is 3.11. The van der Waals surface area contributed by atoms with Gasteiger partial charge in [-0.05, 0) is 36.4 Å². The van der Waals surface area contributed by atoms with Crippen LogP contribution in [0.15, 0.2) is 24.3 Å². The number of rotatable bonds is 9. The topological polar surface area (TPSA) is 24.1 Å². The molecule has 2 N–H and O–H groups in total. The van der Waals surface area contributed by atoms with Gasteiger partial charge in [-0.1, -0.05) is 52.0 Å². The average Bonchev–Trinajstić information content (AvgIpc) is 2.34. The van der Waals surface area contributed by atoms with Gasteiger partial charge in [0.25, 0.3) is 0 Å². The summed E-state index contributed by atoms with van der Waals surface area (Å²) in [6, 6.07) is 9.67. The van der Waals surface area contributed by atoms with E-state index in [4.69, 9.17) is 0 Å². The first-order valence-corrected chi connectivity index (χ1v) is 7.60. The highest BCUT2D eigenvalue weighted by atomic mass is 14.9. The van der Waals surface area contributed by atoms with Crippen LogP contribution in [0.3, 0.4) is 0 Å². The Morgan fingerprint density at radius 1 is 0.842 bits per heavy atom. The van der Waals surface area contributed by atoms with E-state index in [1.54, 1.807) is 0 Å². The highest BCUT2D eigenvalue weighted by Gasteiger charge is 1.98. The minimum absolute atomic E-state index is 0.579. The Labute approximate surface area is 119 Å². The number of nitrogens with one attached hydrogen (secondary N) is 2. The standard InChI is InChI=1S/C17H30N2/c1-14(2)13-17-7-5-16(6-8-17)9-10-18-11-12-19-15(3)4/h5-8,14-15,18-19H,9-13H2,1-4H3. The Morgan fingerprint density at radius 2 is 1.47 bits per heavy atom. The van der Waals surface area contributed by atoms with Crippen molar-refractivity contribution in [2.24, 2.45) is 5.92 Å². The van der Waals surface area contributed by atoms with Crippen molar-refractivity contribution < 1.29 is 0 Å². The molecule has 0 aromatic heterocycles.